The highest BCUT2D eigenvalue weighted by molar-refractivity contribution is 6.42. The molecule has 0 fully saturated rings. The Balaban J connectivity index is 3.03. The number of nitrogens with zero attached hydrogens (tertiary/aromatic N) is 1. The van der Waals surface area contributed by atoms with Gasteiger partial charge in [0, 0.05) is 12.6 Å². The van der Waals surface area contributed by atoms with E-state index in [0.717, 1.165) is 0 Å². The summed E-state index contributed by atoms with van der Waals surface area (Å²) in [6.07, 6.45) is 0. The summed E-state index contributed by atoms with van der Waals surface area (Å²) in [7, 11) is 1.56. The van der Waals surface area contributed by atoms with Crippen LogP contribution in [0.5, 0.6) is 0 Å². The lowest BCUT2D eigenvalue weighted by atomic mass is 10.1. The van der Waals surface area contributed by atoms with E-state index in [4.69, 9.17) is 5.11 Å². The Labute approximate surface area is 75.9 Å². The number of aliphatic carboxylic acids is 1. The van der Waals surface area contributed by atoms with Crippen molar-refractivity contribution in [1.29, 1.82) is 0 Å². The summed E-state index contributed by atoms with van der Waals surface area (Å²) in [4.78, 5) is 10.7. The summed E-state index contributed by atoms with van der Waals surface area (Å²) < 4.78 is 0. The molecule has 2 N–H and O–H groups in total. The molecule has 13 heavy (non-hydrogen) atoms. The molecule has 0 saturated carbocycles. The molecule has 1 rings (SSSR count). The van der Waals surface area contributed by atoms with Crippen molar-refractivity contribution < 1.29 is 9.90 Å². The SMILES string of the molecule is CN/N=C(\C(=O)O)c1ccccc1. The maximum Gasteiger partial charge on any atom is 0.356 e. The maximum atomic E-state index is 10.7. The molecule has 0 saturated heterocycles. The Morgan fingerprint density at radius 3 is 2.46 bits per heavy atom. The van der Waals surface area contributed by atoms with Gasteiger partial charge in [-0.25, -0.2) is 4.79 Å². The Morgan fingerprint density at radius 2 is 2.00 bits per heavy atom. The lowest BCUT2D eigenvalue weighted by Crippen LogP contribution is -2.17. The van der Waals surface area contributed by atoms with Crippen molar-refractivity contribution in [3.8, 4) is 0 Å². The molecule has 0 unspecified atom stereocenters. The number of hydrogen-bond donors (Lipinski definition) is 2. The molecule has 0 bridgehead atoms. The van der Waals surface area contributed by atoms with Crippen LogP contribution in [0.25, 0.3) is 0 Å². The molecular formula is C9H10N2O2. The van der Waals surface area contributed by atoms with E-state index >= 15 is 0 Å². The van der Waals surface area contributed by atoms with Gasteiger partial charge in [-0.3, -0.25) is 0 Å². The highest BCUT2D eigenvalue weighted by Crippen LogP contribution is 2.00. The van der Waals surface area contributed by atoms with Crippen LogP contribution in [0.1, 0.15) is 5.56 Å². The van der Waals surface area contributed by atoms with Gasteiger partial charge in [0.15, 0.2) is 5.71 Å². The standard InChI is InChI=1S/C9H10N2O2/c1-10-11-8(9(12)13)7-5-3-2-4-6-7/h2-6,10H,1H3,(H,12,13)/b11-8-. The largest absolute Gasteiger partial charge is 0.476 e. The summed E-state index contributed by atoms with van der Waals surface area (Å²) in [5, 5.41) is 12.4. The topological polar surface area (TPSA) is 61.7 Å². The van der Waals surface area contributed by atoms with Crippen LogP contribution in [0.15, 0.2) is 35.4 Å². The first-order valence-electron chi connectivity index (χ1n) is 3.79. The number of carboxylic acids is 1. The Morgan fingerprint density at radius 1 is 1.38 bits per heavy atom. The number of benzene rings is 1. The fourth-order valence-electron chi connectivity index (χ4n) is 0.944. The van der Waals surface area contributed by atoms with E-state index < -0.39 is 5.97 Å². The molecule has 0 atom stereocenters. The highest BCUT2D eigenvalue weighted by Gasteiger charge is 2.10. The van der Waals surface area contributed by atoms with E-state index in [9.17, 15) is 4.79 Å². The maximum absolute atomic E-state index is 10.7. The second-order valence-corrected chi connectivity index (χ2v) is 2.36. The third kappa shape index (κ3) is 2.30. The first kappa shape index (κ1) is 9.25. The van der Waals surface area contributed by atoms with Gasteiger partial charge >= 0.3 is 5.97 Å². The van der Waals surface area contributed by atoms with Gasteiger partial charge in [-0.05, 0) is 0 Å². The second kappa shape index (κ2) is 4.25. The molecule has 4 nitrogen and oxygen atoms in total. The second-order valence-electron chi connectivity index (χ2n) is 2.36. The van der Waals surface area contributed by atoms with Gasteiger partial charge < -0.3 is 10.5 Å². The molecule has 68 valence electrons. The molecule has 0 spiro atoms. The number of hydrogen-bond acceptors (Lipinski definition) is 3. The predicted molar refractivity (Wildman–Crippen MR) is 49.7 cm³/mol. The van der Waals surface area contributed by atoms with Gasteiger partial charge in [0.05, 0.1) is 0 Å². The van der Waals surface area contributed by atoms with Crippen molar-refractivity contribution in [2.75, 3.05) is 7.05 Å². The van der Waals surface area contributed by atoms with Gasteiger partial charge in [-0.2, -0.15) is 5.10 Å². The van der Waals surface area contributed by atoms with E-state index in [1.54, 1.807) is 31.3 Å². The first-order valence-corrected chi connectivity index (χ1v) is 3.79. The molecule has 0 radical (unpaired) electrons. The minimum Gasteiger partial charge on any atom is -0.476 e. The predicted octanol–water partition coefficient (Wildman–Crippen LogP) is 0.695. The van der Waals surface area contributed by atoms with Crippen LogP contribution in [0.3, 0.4) is 0 Å². The third-order valence-electron chi connectivity index (χ3n) is 1.47. The normalized spacial score (nSPS) is 11.0. The van der Waals surface area contributed by atoms with Crippen LogP contribution >= 0.6 is 0 Å². The van der Waals surface area contributed by atoms with E-state index in [1.807, 2.05) is 6.07 Å². The van der Waals surface area contributed by atoms with Gasteiger partial charge in [0.25, 0.3) is 0 Å². The van der Waals surface area contributed by atoms with E-state index in [2.05, 4.69) is 10.5 Å². The fourth-order valence-corrected chi connectivity index (χ4v) is 0.944. The number of nitrogens with one attached hydrogen (secondary N) is 1. The van der Waals surface area contributed by atoms with Crippen LogP contribution in [0.4, 0.5) is 0 Å². The average molecular weight is 178 g/mol. The van der Waals surface area contributed by atoms with Gasteiger partial charge in [0.2, 0.25) is 0 Å². The fraction of sp³-hybridized carbons (Fsp3) is 0.111. The quantitative estimate of drug-likeness (QED) is 0.529. The molecule has 1 aromatic rings. The number of carbonyl (C=O) groups is 1. The molecule has 0 amide bonds. The van der Waals surface area contributed by atoms with Crippen molar-refractivity contribution in [2.45, 2.75) is 0 Å². The van der Waals surface area contributed by atoms with Crippen molar-refractivity contribution in [2.24, 2.45) is 5.10 Å². The van der Waals surface area contributed by atoms with Crippen molar-refractivity contribution in [1.82, 2.24) is 5.43 Å². The first-order chi connectivity index (χ1) is 6.25. The lowest BCUT2D eigenvalue weighted by molar-refractivity contribution is -0.129. The summed E-state index contributed by atoms with van der Waals surface area (Å²) in [6.45, 7) is 0. The van der Waals surface area contributed by atoms with Crippen molar-refractivity contribution >= 4 is 11.7 Å². The van der Waals surface area contributed by atoms with Crippen molar-refractivity contribution in [3.63, 3.8) is 0 Å². The summed E-state index contributed by atoms with van der Waals surface area (Å²) >= 11 is 0. The minimum atomic E-state index is -1.04. The van der Waals surface area contributed by atoms with Crippen molar-refractivity contribution in [3.05, 3.63) is 35.9 Å². The van der Waals surface area contributed by atoms with E-state index in [-0.39, 0.29) is 5.71 Å². The van der Waals surface area contributed by atoms with Crippen LogP contribution in [-0.2, 0) is 4.79 Å². The molecule has 0 heterocycles. The monoisotopic (exact) mass is 178 g/mol. The van der Waals surface area contributed by atoms with E-state index in [1.165, 1.54) is 0 Å². The van der Waals surface area contributed by atoms with E-state index in [0.29, 0.717) is 5.56 Å². The average Bonchev–Trinajstić information content (AvgIpc) is 2.15. The molecule has 1 aromatic carbocycles. The smallest absolute Gasteiger partial charge is 0.356 e. The van der Waals surface area contributed by atoms with Crippen LogP contribution in [0.2, 0.25) is 0 Å². The minimum absolute atomic E-state index is 0.0168. The summed E-state index contributed by atoms with van der Waals surface area (Å²) in [5.74, 6) is -1.04. The Hall–Kier alpha value is -1.84. The molecule has 0 aromatic heterocycles. The van der Waals surface area contributed by atoms with Crippen LogP contribution < -0.4 is 5.43 Å². The van der Waals surface area contributed by atoms with Crippen LogP contribution in [-0.4, -0.2) is 23.8 Å². The lowest BCUT2D eigenvalue weighted by Gasteiger charge is -1.99. The number of carboxylic acid groups (broad SMARTS) is 1. The summed E-state index contributed by atoms with van der Waals surface area (Å²) in [6, 6.07) is 8.75. The zero-order chi connectivity index (χ0) is 9.68. The molecule has 0 aliphatic heterocycles. The number of rotatable bonds is 3. The zero-order valence-electron chi connectivity index (χ0n) is 7.19. The van der Waals surface area contributed by atoms with Crippen LogP contribution in [0, 0.1) is 0 Å². The molecule has 0 aliphatic carbocycles. The molecular weight excluding hydrogens is 168 g/mol. The Bertz CT molecular complexity index is 320. The third-order valence-corrected chi connectivity index (χ3v) is 1.47. The molecule has 0 aliphatic rings. The van der Waals surface area contributed by atoms with Gasteiger partial charge in [0.1, 0.15) is 0 Å². The highest BCUT2D eigenvalue weighted by atomic mass is 16.4. The Kier molecular flexibility index (Phi) is 3.03. The summed E-state index contributed by atoms with van der Waals surface area (Å²) in [5.41, 5.74) is 3.06. The zero-order valence-corrected chi connectivity index (χ0v) is 7.19. The molecule has 4 heteroatoms. The number of hydrazone groups is 1. The van der Waals surface area contributed by atoms with Gasteiger partial charge in [-0.1, -0.05) is 30.3 Å². The van der Waals surface area contributed by atoms with Gasteiger partial charge in [-0.15, -0.1) is 0 Å².